The van der Waals surface area contributed by atoms with Crippen LogP contribution in [0.2, 0.25) is 0 Å². The maximum Gasteiger partial charge on any atom is 0.405 e. The lowest BCUT2D eigenvalue weighted by molar-refractivity contribution is -0.123. The molecule has 2 saturated carbocycles. The van der Waals surface area contributed by atoms with E-state index >= 15 is 0 Å². The van der Waals surface area contributed by atoms with E-state index in [0.29, 0.717) is 25.7 Å². The SMILES string of the molecule is C=CCCCCCC1(S(=O)(=O)NC(=O)[C@@]2(NC(=O)O)C[C@H]2C(F)F)CC1. The van der Waals surface area contributed by atoms with Crippen molar-refractivity contribution in [3.05, 3.63) is 12.7 Å². The summed E-state index contributed by atoms with van der Waals surface area (Å²) in [5.41, 5.74) is -2.08. The largest absolute Gasteiger partial charge is 0.465 e. The van der Waals surface area contributed by atoms with Gasteiger partial charge in [0.25, 0.3) is 5.91 Å². The van der Waals surface area contributed by atoms with Crippen molar-refractivity contribution in [3.63, 3.8) is 0 Å². The van der Waals surface area contributed by atoms with Crippen molar-refractivity contribution in [1.29, 1.82) is 0 Å². The number of carboxylic acid groups (broad SMARTS) is 1. The van der Waals surface area contributed by atoms with E-state index in [-0.39, 0.29) is 0 Å². The van der Waals surface area contributed by atoms with Crippen LogP contribution in [0.3, 0.4) is 0 Å². The summed E-state index contributed by atoms with van der Waals surface area (Å²) in [4.78, 5) is 23.2. The number of halogens is 2. The quantitative estimate of drug-likeness (QED) is 0.368. The molecular weight excluding hydrogens is 370 g/mol. The first-order valence-electron chi connectivity index (χ1n) is 8.57. The van der Waals surface area contributed by atoms with E-state index in [1.165, 1.54) is 0 Å². The van der Waals surface area contributed by atoms with Crippen molar-refractivity contribution < 1.29 is 31.9 Å². The van der Waals surface area contributed by atoms with E-state index in [1.807, 2.05) is 4.72 Å². The second kappa shape index (κ2) is 7.50. The Balaban J connectivity index is 2.00. The summed E-state index contributed by atoms with van der Waals surface area (Å²) in [6, 6.07) is 0. The molecule has 3 N–H and O–H groups in total. The van der Waals surface area contributed by atoms with Crippen LogP contribution < -0.4 is 10.0 Å². The number of carbonyl (C=O) groups excluding carboxylic acids is 1. The van der Waals surface area contributed by atoms with Gasteiger partial charge < -0.3 is 10.4 Å². The standard InChI is InChI=1S/C16H24F2N2O5S/c1-2-3-4-5-6-7-15(8-9-15)26(24,25)20-13(21)16(19-14(22)23)10-11(16)12(17)18/h2,11-12,19H,1,3-10H2,(H,20,21)(H,22,23)/t11-,16+/m0/s1. The summed E-state index contributed by atoms with van der Waals surface area (Å²) in [5, 5.41) is 10.6. The monoisotopic (exact) mass is 394 g/mol. The van der Waals surface area contributed by atoms with Gasteiger partial charge in [-0.3, -0.25) is 9.52 Å². The summed E-state index contributed by atoms with van der Waals surface area (Å²) < 4.78 is 51.8. The summed E-state index contributed by atoms with van der Waals surface area (Å²) in [5.74, 6) is -2.74. The third-order valence-corrected chi connectivity index (χ3v) is 7.41. The highest BCUT2D eigenvalue weighted by Gasteiger charge is 2.67. The molecule has 7 nitrogen and oxygen atoms in total. The van der Waals surface area contributed by atoms with E-state index in [1.54, 1.807) is 11.4 Å². The first-order valence-corrected chi connectivity index (χ1v) is 10.1. The Morgan fingerprint density at radius 3 is 2.38 bits per heavy atom. The van der Waals surface area contributed by atoms with Gasteiger partial charge in [0.1, 0.15) is 5.54 Å². The lowest BCUT2D eigenvalue weighted by Crippen LogP contribution is -2.54. The molecule has 0 aromatic carbocycles. The van der Waals surface area contributed by atoms with Crippen LogP contribution >= 0.6 is 0 Å². The first-order chi connectivity index (χ1) is 12.1. The molecule has 26 heavy (non-hydrogen) atoms. The molecule has 0 bridgehead atoms. The maximum atomic E-state index is 12.9. The van der Waals surface area contributed by atoms with Gasteiger partial charge in [0.05, 0.1) is 10.7 Å². The number of hydrogen-bond donors (Lipinski definition) is 3. The van der Waals surface area contributed by atoms with Gasteiger partial charge in [-0.2, -0.15) is 0 Å². The summed E-state index contributed by atoms with van der Waals surface area (Å²) >= 11 is 0. The van der Waals surface area contributed by atoms with Crippen LogP contribution in [0.5, 0.6) is 0 Å². The van der Waals surface area contributed by atoms with Crippen LogP contribution in [-0.2, 0) is 14.8 Å². The van der Waals surface area contributed by atoms with Gasteiger partial charge in [-0.1, -0.05) is 18.9 Å². The summed E-state index contributed by atoms with van der Waals surface area (Å²) in [6.45, 7) is 3.61. The fourth-order valence-corrected chi connectivity index (χ4v) is 4.97. The minimum Gasteiger partial charge on any atom is -0.465 e. The molecule has 0 spiro atoms. The topological polar surface area (TPSA) is 113 Å². The van der Waals surface area contributed by atoms with Gasteiger partial charge in [0.15, 0.2) is 0 Å². The van der Waals surface area contributed by atoms with Crippen molar-refractivity contribution in [2.75, 3.05) is 0 Å². The number of alkyl halides is 2. The molecule has 0 aromatic rings. The Bertz CT molecular complexity index is 678. The molecule has 2 rings (SSSR count). The Morgan fingerprint density at radius 1 is 1.27 bits per heavy atom. The van der Waals surface area contributed by atoms with Gasteiger partial charge >= 0.3 is 6.09 Å². The lowest BCUT2D eigenvalue weighted by Gasteiger charge is -2.21. The highest BCUT2D eigenvalue weighted by Crippen LogP contribution is 2.50. The van der Waals surface area contributed by atoms with Crippen molar-refractivity contribution in [1.82, 2.24) is 10.0 Å². The Hall–Kier alpha value is -1.71. The van der Waals surface area contributed by atoms with E-state index in [0.717, 1.165) is 19.3 Å². The van der Waals surface area contributed by atoms with Crippen LogP contribution in [0.1, 0.15) is 51.4 Å². The van der Waals surface area contributed by atoms with Crippen LogP contribution in [0.15, 0.2) is 12.7 Å². The second-order valence-corrected chi connectivity index (χ2v) is 9.13. The number of rotatable bonds is 11. The number of hydrogen-bond acceptors (Lipinski definition) is 4. The third kappa shape index (κ3) is 4.16. The lowest BCUT2D eigenvalue weighted by atomic mass is 10.1. The zero-order valence-corrected chi connectivity index (χ0v) is 15.2. The average Bonchev–Trinajstić information content (AvgIpc) is 3.41. The molecule has 0 unspecified atom stereocenters. The minimum atomic E-state index is -4.07. The molecule has 0 saturated heterocycles. The zero-order chi connectivity index (χ0) is 19.6. The van der Waals surface area contributed by atoms with Crippen LogP contribution in [0.4, 0.5) is 13.6 Å². The molecule has 0 heterocycles. The highest BCUT2D eigenvalue weighted by atomic mass is 32.2. The fourth-order valence-electron chi connectivity index (χ4n) is 3.27. The van der Waals surface area contributed by atoms with E-state index in [9.17, 15) is 26.8 Å². The predicted octanol–water partition coefficient (Wildman–Crippen LogP) is 2.39. The van der Waals surface area contributed by atoms with E-state index < -0.39 is 51.1 Å². The van der Waals surface area contributed by atoms with Crippen LogP contribution in [0.25, 0.3) is 0 Å². The van der Waals surface area contributed by atoms with Crippen LogP contribution in [-0.4, -0.2) is 42.2 Å². The number of sulfonamides is 1. The highest BCUT2D eigenvalue weighted by molar-refractivity contribution is 7.91. The number of unbranched alkanes of at least 4 members (excludes halogenated alkanes) is 3. The Kier molecular flexibility index (Phi) is 5.94. The molecule has 2 amide bonds. The van der Waals surface area contributed by atoms with E-state index in [4.69, 9.17) is 5.11 Å². The zero-order valence-electron chi connectivity index (χ0n) is 14.3. The average molecular weight is 394 g/mol. The smallest absolute Gasteiger partial charge is 0.405 e. The number of allylic oxidation sites excluding steroid dienone is 1. The molecule has 0 aliphatic heterocycles. The second-order valence-electron chi connectivity index (χ2n) is 7.05. The molecule has 2 atom stereocenters. The molecule has 0 radical (unpaired) electrons. The molecule has 2 aliphatic rings. The van der Waals surface area contributed by atoms with Gasteiger partial charge in [-0.15, -0.1) is 6.58 Å². The van der Waals surface area contributed by atoms with Gasteiger partial charge in [-0.05, 0) is 38.5 Å². The molecule has 2 aliphatic carbocycles. The predicted molar refractivity (Wildman–Crippen MR) is 90.3 cm³/mol. The first kappa shape index (κ1) is 20.6. The van der Waals surface area contributed by atoms with Gasteiger partial charge in [0, 0.05) is 0 Å². The maximum absolute atomic E-state index is 12.9. The molecule has 148 valence electrons. The summed E-state index contributed by atoms with van der Waals surface area (Å²) in [7, 11) is -4.07. The van der Waals surface area contributed by atoms with E-state index in [2.05, 4.69) is 6.58 Å². The van der Waals surface area contributed by atoms with Crippen molar-refractivity contribution in [2.45, 2.75) is 68.1 Å². The molecule has 2 fully saturated rings. The van der Waals surface area contributed by atoms with Crippen molar-refractivity contribution >= 4 is 22.0 Å². The van der Waals surface area contributed by atoms with Crippen molar-refractivity contribution in [2.24, 2.45) is 5.92 Å². The normalized spacial score (nSPS) is 26.2. The number of amides is 2. The molecular formula is C16H24F2N2O5S. The van der Waals surface area contributed by atoms with Gasteiger partial charge in [0.2, 0.25) is 16.4 Å². The van der Waals surface area contributed by atoms with Gasteiger partial charge in [-0.25, -0.2) is 22.0 Å². The Labute approximate surface area is 151 Å². The summed E-state index contributed by atoms with van der Waals surface area (Å²) in [6.07, 6.45) is 1.20. The van der Waals surface area contributed by atoms with Crippen LogP contribution in [0, 0.1) is 5.92 Å². The van der Waals surface area contributed by atoms with Crippen molar-refractivity contribution in [3.8, 4) is 0 Å². The number of carbonyl (C=O) groups is 2. The minimum absolute atomic E-state index is 0.379. The third-order valence-electron chi connectivity index (χ3n) is 5.20. The fraction of sp³-hybridized carbons (Fsp3) is 0.750. The molecule has 10 heteroatoms. The Morgan fingerprint density at radius 2 is 1.92 bits per heavy atom. The molecule has 0 aromatic heterocycles. The number of nitrogens with one attached hydrogen (secondary N) is 2.